The van der Waals surface area contributed by atoms with E-state index in [0.29, 0.717) is 0 Å². The zero-order valence-corrected chi connectivity index (χ0v) is 8.32. The van der Waals surface area contributed by atoms with Crippen LogP contribution in [0.2, 0.25) is 0 Å². The summed E-state index contributed by atoms with van der Waals surface area (Å²) in [6, 6.07) is 0. The van der Waals surface area contributed by atoms with Gasteiger partial charge in [0.2, 0.25) is 12.0 Å². The molecular weight excluding hydrogens is 276 g/mol. The molecule has 0 aromatic carbocycles. The Bertz CT molecular complexity index is 318. The number of hydrogen-bond acceptors (Lipinski definition) is 2. The highest BCUT2D eigenvalue weighted by Crippen LogP contribution is 2.33. The fourth-order valence-electron chi connectivity index (χ4n) is 0.914. The van der Waals surface area contributed by atoms with Gasteiger partial charge in [0.1, 0.15) is 6.20 Å². The first-order valence-corrected chi connectivity index (χ1v) is 4.39. The number of halogens is 2. The summed E-state index contributed by atoms with van der Waals surface area (Å²) in [7, 11) is 0. The maximum absolute atomic E-state index is 6.11. The van der Waals surface area contributed by atoms with Crippen LogP contribution in [-0.4, -0.2) is 16.6 Å². The van der Waals surface area contributed by atoms with Crippen LogP contribution in [-0.2, 0) is 0 Å². The summed E-state index contributed by atoms with van der Waals surface area (Å²) < 4.78 is 1.02. The van der Waals surface area contributed by atoms with Gasteiger partial charge in [-0.2, -0.15) is 4.99 Å². The van der Waals surface area contributed by atoms with E-state index >= 15 is 0 Å². The lowest BCUT2D eigenvalue weighted by Crippen LogP contribution is -2.28. The molecule has 2 heterocycles. The van der Waals surface area contributed by atoms with Crippen molar-refractivity contribution in [1.82, 2.24) is 0 Å². The number of fused-ring (bicyclic) bond motifs is 1. The van der Waals surface area contributed by atoms with E-state index in [9.17, 15) is 0 Å². The lowest BCUT2D eigenvalue weighted by molar-refractivity contribution is -0.591. The van der Waals surface area contributed by atoms with Crippen molar-refractivity contribution in [2.24, 2.45) is 9.98 Å². The summed E-state index contributed by atoms with van der Waals surface area (Å²) in [5.74, 6) is 0. The molecule has 0 saturated carbocycles. The number of nitrogens with zero attached hydrogens (tertiary/aromatic N) is 3. The highest BCUT2D eigenvalue weighted by Gasteiger charge is 2.36. The van der Waals surface area contributed by atoms with Crippen LogP contribution in [0.15, 0.2) is 31.8 Å². The molecule has 0 aliphatic carbocycles. The van der Waals surface area contributed by atoms with Crippen molar-refractivity contribution < 1.29 is 4.00 Å². The molecule has 0 aromatic heterocycles. The molecule has 0 fully saturated rings. The summed E-state index contributed by atoms with van der Waals surface area (Å²) in [6.07, 6.45) is 6.83. The quantitative estimate of drug-likeness (QED) is 0.369. The van der Waals surface area contributed by atoms with Crippen molar-refractivity contribution in [2.75, 3.05) is 0 Å². The minimum atomic E-state index is 0.127. The fourth-order valence-corrected chi connectivity index (χ4v) is 1.94. The van der Waals surface area contributed by atoms with Gasteiger partial charge in [-0.15, -0.1) is 4.00 Å². The standard InChI is InChI=1S/C6H4ClIN3/c7-11-2-1-9-3-5(11)6(8)10-4-11/h1-4H/q+1. The predicted octanol–water partition coefficient (Wildman–Crippen LogP) is 2.16. The number of hydrogen-bond donors (Lipinski definition) is 0. The molecule has 0 radical (unpaired) electrons. The summed E-state index contributed by atoms with van der Waals surface area (Å²) in [6.45, 7) is 0. The van der Waals surface area contributed by atoms with Crippen LogP contribution in [0, 0.1) is 0 Å². The predicted molar refractivity (Wildman–Crippen MR) is 53.3 cm³/mol. The van der Waals surface area contributed by atoms with Crippen LogP contribution in [0.4, 0.5) is 0 Å². The van der Waals surface area contributed by atoms with Crippen molar-refractivity contribution in [1.29, 1.82) is 0 Å². The Kier molecular flexibility index (Phi) is 1.62. The Hall–Kier alpha value is -0.200. The van der Waals surface area contributed by atoms with Gasteiger partial charge in [-0.1, -0.05) is 0 Å². The molecule has 56 valence electrons. The van der Waals surface area contributed by atoms with Crippen molar-refractivity contribution in [3.05, 3.63) is 21.8 Å². The van der Waals surface area contributed by atoms with Crippen LogP contribution in [0.1, 0.15) is 0 Å². The van der Waals surface area contributed by atoms with E-state index in [0.717, 1.165) is 9.40 Å². The molecule has 2 rings (SSSR count). The maximum atomic E-state index is 6.11. The van der Waals surface area contributed by atoms with Crippen molar-refractivity contribution in [3.8, 4) is 0 Å². The largest absolute Gasteiger partial charge is 0.253 e. The smallest absolute Gasteiger partial charge is 0.219 e. The van der Waals surface area contributed by atoms with Gasteiger partial charge in [-0.25, -0.2) is 0 Å². The second-order valence-corrected chi connectivity index (χ2v) is 3.77. The molecule has 11 heavy (non-hydrogen) atoms. The third kappa shape index (κ3) is 1.05. The lowest BCUT2D eigenvalue weighted by Gasteiger charge is -2.16. The molecule has 0 spiro atoms. The van der Waals surface area contributed by atoms with E-state index in [-0.39, 0.29) is 4.00 Å². The Labute approximate surface area is 82.6 Å². The second kappa shape index (κ2) is 2.40. The zero-order valence-electron chi connectivity index (χ0n) is 5.41. The Balaban J connectivity index is 2.57. The summed E-state index contributed by atoms with van der Waals surface area (Å²) in [5, 5.41) is 0. The monoisotopic (exact) mass is 280 g/mol. The minimum absolute atomic E-state index is 0.127. The molecule has 0 N–H and O–H groups in total. The molecule has 0 amide bonds. The first kappa shape index (κ1) is 7.45. The summed E-state index contributed by atoms with van der Waals surface area (Å²) in [4.78, 5) is 8.06. The maximum Gasteiger partial charge on any atom is 0.219 e. The van der Waals surface area contributed by atoms with Crippen molar-refractivity contribution in [3.63, 3.8) is 0 Å². The van der Waals surface area contributed by atoms with Crippen LogP contribution in [0.25, 0.3) is 0 Å². The van der Waals surface area contributed by atoms with Gasteiger partial charge < -0.3 is 0 Å². The van der Waals surface area contributed by atoms with Gasteiger partial charge in [-0.3, -0.25) is 4.99 Å². The molecule has 2 aliphatic rings. The minimum Gasteiger partial charge on any atom is -0.253 e. The number of allylic oxidation sites excluding steroid dienone is 1. The molecule has 2 aliphatic heterocycles. The highest BCUT2D eigenvalue weighted by molar-refractivity contribution is 14.1. The molecule has 3 nitrogen and oxygen atoms in total. The average Bonchev–Trinajstić information content (AvgIpc) is 2.29. The van der Waals surface area contributed by atoms with Crippen LogP contribution in [0.3, 0.4) is 0 Å². The highest BCUT2D eigenvalue weighted by atomic mass is 127. The van der Waals surface area contributed by atoms with E-state index in [1.807, 2.05) is 0 Å². The van der Waals surface area contributed by atoms with E-state index in [2.05, 4.69) is 32.6 Å². The molecule has 0 bridgehead atoms. The molecule has 0 saturated heterocycles. The second-order valence-electron chi connectivity index (χ2n) is 2.18. The third-order valence-electron chi connectivity index (χ3n) is 1.49. The first-order chi connectivity index (χ1) is 5.22. The first-order valence-electron chi connectivity index (χ1n) is 2.97. The molecule has 5 heteroatoms. The van der Waals surface area contributed by atoms with Gasteiger partial charge in [-0.05, 0) is 22.6 Å². The zero-order chi connectivity index (χ0) is 7.90. The van der Waals surface area contributed by atoms with E-state index < -0.39 is 0 Å². The van der Waals surface area contributed by atoms with Gasteiger partial charge in [0.15, 0.2) is 15.5 Å². The Morgan fingerprint density at radius 3 is 3.09 bits per heavy atom. The Morgan fingerprint density at radius 2 is 2.36 bits per heavy atom. The van der Waals surface area contributed by atoms with E-state index in [1.165, 1.54) is 0 Å². The molecule has 0 aromatic rings. The van der Waals surface area contributed by atoms with Crippen LogP contribution >= 0.6 is 34.4 Å². The van der Waals surface area contributed by atoms with Crippen molar-refractivity contribution >= 4 is 46.9 Å². The fraction of sp³-hybridized carbons (Fsp3) is 0. The molecular formula is C6H4ClIN3+. The molecule has 1 unspecified atom stereocenters. The van der Waals surface area contributed by atoms with Gasteiger partial charge >= 0.3 is 0 Å². The SMILES string of the molecule is Cl[N+]12C=CN=CC1=C(I)N=C2. The number of aliphatic imine (C=N–C) groups is 2. The third-order valence-corrected chi connectivity index (χ3v) is 2.70. The van der Waals surface area contributed by atoms with Gasteiger partial charge in [0.05, 0.1) is 12.4 Å². The van der Waals surface area contributed by atoms with Crippen molar-refractivity contribution in [2.45, 2.75) is 0 Å². The normalized spacial score (nSPS) is 33.3. The van der Waals surface area contributed by atoms with Crippen LogP contribution in [0.5, 0.6) is 0 Å². The average molecular weight is 280 g/mol. The molecule has 1 atom stereocenters. The van der Waals surface area contributed by atoms with Crippen LogP contribution < -0.4 is 0 Å². The summed E-state index contributed by atoms with van der Waals surface area (Å²) >= 11 is 8.25. The lowest BCUT2D eigenvalue weighted by atomic mass is 10.4. The topological polar surface area (TPSA) is 24.7 Å². The van der Waals surface area contributed by atoms with Gasteiger partial charge in [0.25, 0.3) is 0 Å². The Morgan fingerprint density at radius 1 is 1.55 bits per heavy atom. The number of quaternary nitrogens is 1. The van der Waals surface area contributed by atoms with E-state index in [4.69, 9.17) is 11.8 Å². The summed E-state index contributed by atoms with van der Waals surface area (Å²) in [5.41, 5.74) is 0.912. The van der Waals surface area contributed by atoms with Gasteiger partial charge in [0, 0.05) is 0 Å². The van der Waals surface area contributed by atoms with E-state index in [1.54, 1.807) is 25.0 Å². The number of rotatable bonds is 0.